The van der Waals surface area contributed by atoms with Crippen LogP contribution < -0.4 is 11.5 Å². The van der Waals surface area contributed by atoms with Crippen LogP contribution in [0.4, 0.5) is 11.4 Å². The maximum Gasteiger partial charge on any atom is 0.138 e. The van der Waals surface area contributed by atoms with Crippen LogP contribution in [0.5, 0.6) is 11.5 Å². The van der Waals surface area contributed by atoms with E-state index in [1.54, 1.807) is 18.2 Å². The molecule has 0 spiro atoms. The van der Waals surface area contributed by atoms with Gasteiger partial charge in [-0.15, -0.1) is 0 Å². The first kappa shape index (κ1) is 17.2. The molecule has 4 aromatic rings. The van der Waals surface area contributed by atoms with Crippen molar-refractivity contribution in [1.82, 2.24) is 0 Å². The van der Waals surface area contributed by atoms with E-state index in [1.807, 2.05) is 42.5 Å². The number of hydrogen-bond donors (Lipinski definition) is 4. The van der Waals surface area contributed by atoms with Gasteiger partial charge < -0.3 is 21.7 Å². The molecule has 4 heteroatoms. The highest BCUT2D eigenvalue weighted by Crippen LogP contribution is 2.56. The Morgan fingerprint density at radius 1 is 0.552 bits per heavy atom. The molecule has 142 valence electrons. The van der Waals surface area contributed by atoms with Gasteiger partial charge in [-0.25, -0.2) is 0 Å². The minimum absolute atomic E-state index is 0.0375. The molecule has 0 heterocycles. The van der Waals surface area contributed by atoms with Crippen LogP contribution in [-0.4, -0.2) is 10.2 Å². The van der Waals surface area contributed by atoms with E-state index in [0.29, 0.717) is 11.4 Å². The molecule has 0 aliphatic heterocycles. The third-order valence-electron chi connectivity index (χ3n) is 5.88. The van der Waals surface area contributed by atoms with Gasteiger partial charge >= 0.3 is 0 Å². The first-order valence-corrected chi connectivity index (χ1v) is 9.41. The first-order chi connectivity index (χ1) is 14.0. The zero-order valence-electron chi connectivity index (χ0n) is 15.6. The number of nitrogens with two attached hydrogens (primary N) is 2. The van der Waals surface area contributed by atoms with Gasteiger partial charge in [0, 0.05) is 0 Å². The van der Waals surface area contributed by atoms with Gasteiger partial charge in [0.2, 0.25) is 0 Å². The summed E-state index contributed by atoms with van der Waals surface area (Å²) in [6.07, 6.45) is 0. The van der Waals surface area contributed by atoms with Crippen LogP contribution in [0.1, 0.15) is 22.3 Å². The zero-order chi connectivity index (χ0) is 20.2. The molecule has 1 aliphatic rings. The largest absolute Gasteiger partial charge is 0.506 e. The van der Waals surface area contributed by atoms with E-state index in [0.717, 1.165) is 33.4 Å². The number of nitrogen functional groups attached to an aromatic ring is 2. The normalized spacial score (nSPS) is 13.7. The fourth-order valence-electron chi connectivity index (χ4n) is 4.59. The fraction of sp³-hybridized carbons (Fsp3) is 0.0400. The second-order valence-corrected chi connectivity index (χ2v) is 7.39. The van der Waals surface area contributed by atoms with E-state index in [4.69, 9.17) is 11.5 Å². The Kier molecular flexibility index (Phi) is 3.58. The van der Waals surface area contributed by atoms with Gasteiger partial charge in [0.15, 0.2) is 0 Å². The number of phenols is 2. The van der Waals surface area contributed by atoms with E-state index in [9.17, 15) is 10.2 Å². The van der Waals surface area contributed by atoms with Crippen molar-refractivity contribution in [3.8, 4) is 22.6 Å². The Hall–Kier alpha value is -3.92. The highest BCUT2D eigenvalue weighted by atomic mass is 16.3. The predicted octanol–water partition coefficient (Wildman–Crippen LogP) is 4.63. The van der Waals surface area contributed by atoms with Crippen molar-refractivity contribution < 1.29 is 10.2 Å². The van der Waals surface area contributed by atoms with Gasteiger partial charge in [-0.3, -0.25) is 0 Å². The second kappa shape index (κ2) is 6.04. The molecule has 0 bridgehead atoms. The summed E-state index contributed by atoms with van der Waals surface area (Å²) >= 11 is 0. The van der Waals surface area contributed by atoms with Crippen molar-refractivity contribution >= 4 is 11.4 Å². The molecule has 6 N–H and O–H groups in total. The van der Waals surface area contributed by atoms with Gasteiger partial charge in [-0.05, 0) is 57.6 Å². The van der Waals surface area contributed by atoms with Crippen LogP contribution in [0.25, 0.3) is 11.1 Å². The topological polar surface area (TPSA) is 92.5 Å². The highest BCUT2D eigenvalue weighted by Gasteiger charge is 2.46. The molecule has 0 radical (unpaired) electrons. The molecule has 0 amide bonds. The van der Waals surface area contributed by atoms with Crippen LogP contribution in [0.2, 0.25) is 0 Å². The summed E-state index contributed by atoms with van der Waals surface area (Å²) in [7, 11) is 0. The average Bonchev–Trinajstić information content (AvgIpc) is 3.04. The Morgan fingerprint density at radius 2 is 1.10 bits per heavy atom. The van der Waals surface area contributed by atoms with Crippen LogP contribution >= 0.6 is 0 Å². The van der Waals surface area contributed by atoms with Crippen molar-refractivity contribution in [3.05, 3.63) is 107 Å². The minimum atomic E-state index is -0.694. The molecule has 1 aliphatic carbocycles. The molecule has 0 unspecified atom stereocenters. The van der Waals surface area contributed by atoms with Crippen LogP contribution in [-0.2, 0) is 5.41 Å². The molecule has 0 saturated heterocycles. The fourth-order valence-corrected chi connectivity index (χ4v) is 4.59. The standard InChI is InChI=1S/C25H20N2O2/c26-21-11-9-16(14-24(21)29)25(15-10-12-23(28)22(27)13-15)19-7-3-1-5-17(19)18-6-2-4-8-20(18)25/h1-14,28-29H,26-27H2. The maximum atomic E-state index is 10.4. The molecular formula is C25H20N2O2. The second-order valence-electron chi connectivity index (χ2n) is 7.39. The minimum Gasteiger partial charge on any atom is -0.506 e. The summed E-state index contributed by atoms with van der Waals surface area (Å²) in [5.41, 5.74) is 18.2. The molecule has 4 nitrogen and oxygen atoms in total. The Labute approximate surface area is 168 Å². The molecule has 0 atom stereocenters. The van der Waals surface area contributed by atoms with Crippen molar-refractivity contribution in [2.24, 2.45) is 0 Å². The lowest BCUT2D eigenvalue weighted by molar-refractivity contribution is 0.475. The van der Waals surface area contributed by atoms with Crippen molar-refractivity contribution in [1.29, 1.82) is 0 Å². The molecule has 0 saturated carbocycles. The molecule has 0 aromatic heterocycles. The summed E-state index contributed by atoms with van der Waals surface area (Å²) in [6, 6.07) is 27.2. The van der Waals surface area contributed by atoms with Crippen molar-refractivity contribution in [3.63, 3.8) is 0 Å². The number of rotatable bonds is 2. The van der Waals surface area contributed by atoms with Gasteiger partial charge in [-0.2, -0.15) is 0 Å². The van der Waals surface area contributed by atoms with Crippen molar-refractivity contribution in [2.75, 3.05) is 11.5 Å². The van der Waals surface area contributed by atoms with Gasteiger partial charge in [0.25, 0.3) is 0 Å². The molecule has 0 fully saturated rings. The zero-order valence-corrected chi connectivity index (χ0v) is 15.6. The van der Waals surface area contributed by atoms with Crippen molar-refractivity contribution in [2.45, 2.75) is 5.41 Å². The van der Waals surface area contributed by atoms with E-state index in [1.165, 1.54) is 0 Å². The summed E-state index contributed by atoms with van der Waals surface area (Å²) in [5, 5.41) is 20.5. The lowest BCUT2D eigenvalue weighted by atomic mass is 9.67. The Bertz CT molecular complexity index is 1160. The van der Waals surface area contributed by atoms with E-state index < -0.39 is 5.41 Å². The predicted molar refractivity (Wildman–Crippen MR) is 116 cm³/mol. The lowest BCUT2D eigenvalue weighted by Crippen LogP contribution is -2.28. The number of phenolic OH excluding ortho intramolecular Hbond substituents is 2. The molecule has 4 aromatic carbocycles. The smallest absolute Gasteiger partial charge is 0.138 e. The van der Waals surface area contributed by atoms with Crippen LogP contribution in [0.15, 0.2) is 84.9 Å². The SMILES string of the molecule is Nc1cc(C2(c3ccc(N)c(O)c3)c3ccccc3-c3ccccc32)ccc1O. The van der Waals surface area contributed by atoms with Crippen LogP contribution in [0, 0.1) is 0 Å². The third-order valence-corrected chi connectivity index (χ3v) is 5.88. The monoisotopic (exact) mass is 380 g/mol. The highest BCUT2D eigenvalue weighted by molar-refractivity contribution is 5.86. The maximum absolute atomic E-state index is 10.4. The third kappa shape index (κ3) is 2.26. The number of fused-ring (bicyclic) bond motifs is 3. The number of anilines is 2. The Balaban J connectivity index is 1.97. The van der Waals surface area contributed by atoms with Gasteiger partial charge in [0.05, 0.1) is 16.8 Å². The number of aromatic hydroxyl groups is 2. The molecule has 29 heavy (non-hydrogen) atoms. The van der Waals surface area contributed by atoms with Gasteiger partial charge in [0.1, 0.15) is 11.5 Å². The molecule has 5 rings (SSSR count). The van der Waals surface area contributed by atoms with Gasteiger partial charge in [-0.1, -0.05) is 60.7 Å². The summed E-state index contributed by atoms with van der Waals surface area (Å²) < 4.78 is 0. The van der Waals surface area contributed by atoms with E-state index in [2.05, 4.69) is 24.3 Å². The first-order valence-electron chi connectivity index (χ1n) is 9.41. The molecular weight excluding hydrogens is 360 g/mol. The van der Waals surface area contributed by atoms with E-state index in [-0.39, 0.29) is 11.5 Å². The average molecular weight is 380 g/mol. The number of hydrogen-bond acceptors (Lipinski definition) is 4. The Morgan fingerprint density at radius 3 is 1.69 bits per heavy atom. The summed E-state index contributed by atoms with van der Waals surface area (Å²) in [5.74, 6) is 0.0825. The summed E-state index contributed by atoms with van der Waals surface area (Å²) in [4.78, 5) is 0. The lowest BCUT2D eigenvalue weighted by Gasteiger charge is -2.34. The quantitative estimate of drug-likeness (QED) is 0.265. The number of benzene rings is 4. The summed E-state index contributed by atoms with van der Waals surface area (Å²) in [6.45, 7) is 0. The van der Waals surface area contributed by atoms with Crippen LogP contribution in [0.3, 0.4) is 0 Å². The van der Waals surface area contributed by atoms with E-state index >= 15 is 0 Å².